The SMILES string of the molecule is CCNC(=NCc1ccc(CN2CCCC2=O)cc1)NC(C)Cc1c(C)nn(C)c1C. The molecule has 1 amide bonds. The highest BCUT2D eigenvalue weighted by atomic mass is 16.2. The Morgan fingerprint density at radius 1 is 1.23 bits per heavy atom. The van der Waals surface area contributed by atoms with Crippen molar-refractivity contribution in [1.29, 1.82) is 0 Å². The number of nitrogens with zero attached hydrogens (tertiary/aromatic N) is 4. The molecule has 3 rings (SSSR count). The molecule has 2 aromatic rings. The lowest BCUT2D eigenvalue weighted by molar-refractivity contribution is -0.128. The van der Waals surface area contributed by atoms with Gasteiger partial charge in [0, 0.05) is 44.8 Å². The van der Waals surface area contributed by atoms with Crippen LogP contribution in [0, 0.1) is 13.8 Å². The first-order valence-corrected chi connectivity index (χ1v) is 11.3. The van der Waals surface area contributed by atoms with E-state index < -0.39 is 0 Å². The quantitative estimate of drug-likeness (QED) is 0.505. The minimum absolute atomic E-state index is 0.236. The number of likely N-dealkylation sites (tertiary alicyclic amines) is 1. The number of nitrogens with one attached hydrogen (secondary N) is 2. The summed E-state index contributed by atoms with van der Waals surface area (Å²) in [7, 11) is 1.99. The van der Waals surface area contributed by atoms with Gasteiger partial charge in [-0.15, -0.1) is 0 Å². The minimum atomic E-state index is 0.236. The van der Waals surface area contributed by atoms with Gasteiger partial charge in [-0.2, -0.15) is 5.10 Å². The van der Waals surface area contributed by atoms with E-state index in [4.69, 9.17) is 4.99 Å². The topological polar surface area (TPSA) is 74.6 Å². The molecule has 1 atom stereocenters. The molecule has 1 aliphatic heterocycles. The van der Waals surface area contributed by atoms with Crippen LogP contribution in [-0.4, -0.2) is 45.7 Å². The van der Waals surface area contributed by atoms with Crippen LogP contribution in [0.15, 0.2) is 29.3 Å². The molecule has 1 aromatic heterocycles. The number of rotatable bonds is 8. The average Bonchev–Trinajstić information content (AvgIpc) is 3.24. The molecule has 2 heterocycles. The van der Waals surface area contributed by atoms with Crippen molar-refractivity contribution in [2.75, 3.05) is 13.1 Å². The maximum absolute atomic E-state index is 11.8. The first-order chi connectivity index (χ1) is 14.9. The highest BCUT2D eigenvalue weighted by Crippen LogP contribution is 2.16. The second-order valence-corrected chi connectivity index (χ2v) is 8.45. The first kappa shape index (κ1) is 22.8. The summed E-state index contributed by atoms with van der Waals surface area (Å²) < 4.78 is 1.94. The van der Waals surface area contributed by atoms with Gasteiger partial charge in [0.2, 0.25) is 5.91 Å². The third-order valence-corrected chi connectivity index (χ3v) is 5.88. The number of aromatic nitrogens is 2. The average molecular weight is 425 g/mol. The molecule has 7 nitrogen and oxygen atoms in total. The van der Waals surface area contributed by atoms with Crippen LogP contribution in [0.25, 0.3) is 0 Å². The van der Waals surface area contributed by atoms with Crippen LogP contribution in [0.3, 0.4) is 0 Å². The molecule has 1 unspecified atom stereocenters. The van der Waals surface area contributed by atoms with Crippen molar-refractivity contribution >= 4 is 11.9 Å². The van der Waals surface area contributed by atoms with E-state index in [1.165, 1.54) is 16.8 Å². The van der Waals surface area contributed by atoms with Crippen LogP contribution >= 0.6 is 0 Å². The normalized spacial score (nSPS) is 15.5. The summed E-state index contributed by atoms with van der Waals surface area (Å²) in [5.74, 6) is 1.08. The van der Waals surface area contributed by atoms with E-state index in [1.807, 2.05) is 16.6 Å². The Morgan fingerprint density at radius 3 is 2.52 bits per heavy atom. The molecule has 1 fully saturated rings. The van der Waals surface area contributed by atoms with Crippen LogP contribution in [0.4, 0.5) is 0 Å². The number of guanidine groups is 1. The Hall–Kier alpha value is -2.83. The maximum atomic E-state index is 11.8. The summed E-state index contributed by atoms with van der Waals surface area (Å²) in [5, 5.41) is 11.4. The fourth-order valence-electron chi connectivity index (χ4n) is 4.04. The molecular weight excluding hydrogens is 388 g/mol. The number of carbonyl (C=O) groups is 1. The van der Waals surface area contributed by atoms with Crippen molar-refractivity contribution < 1.29 is 4.79 Å². The van der Waals surface area contributed by atoms with Crippen molar-refractivity contribution in [2.45, 2.75) is 66.1 Å². The molecule has 1 aromatic carbocycles. The molecule has 1 aliphatic rings. The van der Waals surface area contributed by atoms with Crippen LogP contribution in [-0.2, 0) is 31.4 Å². The van der Waals surface area contributed by atoms with E-state index in [-0.39, 0.29) is 11.9 Å². The zero-order valence-corrected chi connectivity index (χ0v) is 19.5. The van der Waals surface area contributed by atoms with Crippen LogP contribution < -0.4 is 10.6 Å². The van der Waals surface area contributed by atoms with Crippen molar-refractivity contribution in [3.05, 3.63) is 52.3 Å². The maximum Gasteiger partial charge on any atom is 0.222 e. The van der Waals surface area contributed by atoms with Crippen LogP contribution in [0.5, 0.6) is 0 Å². The second-order valence-electron chi connectivity index (χ2n) is 8.45. The van der Waals surface area contributed by atoms with Gasteiger partial charge in [0.25, 0.3) is 0 Å². The van der Waals surface area contributed by atoms with Gasteiger partial charge in [0.15, 0.2) is 5.96 Å². The van der Waals surface area contributed by atoms with Crippen LogP contribution in [0.2, 0.25) is 0 Å². The lowest BCUT2D eigenvalue weighted by Crippen LogP contribution is -2.43. The fourth-order valence-corrected chi connectivity index (χ4v) is 4.04. The molecule has 31 heavy (non-hydrogen) atoms. The molecule has 0 spiro atoms. The number of hydrogen-bond acceptors (Lipinski definition) is 3. The second kappa shape index (κ2) is 10.5. The number of aliphatic imine (C=N–C) groups is 1. The van der Waals surface area contributed by atoms with E-state index in [9.17, 15) is 4.79 Å². The Labute approximate surface area is 185 Å². The third-order valence-electron chi connectivity index (χ3n) is 5.88. The monoisotopic (exact) mass is 424 g/mol. The number of benzene rings is 1. The zero-order valence-electron chi connectivity index (χ0n) is 19.5. The fraction of sp³-hybridized carbons (Fsp3) is 0.542. The summed E-state index contributed by atoms with van der Waals surface area (Å²) in [4.78, 5) is 18.5. The summed E-state index contributed by atoms with van der Waals surface area (Å²) >= 11 is 0. The molecule has 1 saturated heterocycles. The molecule has 0 bridgehead atoms. The molecule has 0 saturated carbocycles. The molecule has 0 aliphatic carbocycles. The number of carbonyl (C=O) groups excluding carboxylic acids is 1. The van der Waals surface area contributed by atoms with Crippen molar-refractivity contribution in [1.82, 2.24) is 25.3 Å². The van der Waals surface area contributed by atoms with Gasteiger partial charge >= 0.3 is 0 Å². The number of aryl methyl sites for hydroxylation is 2. The molecule has 2 N–H and O–H groups in total. The van der Waals surface area contributed by atoms with Gasteiger partial charge in [0.1, 0.15) is 0 Å². The highest BCUT2D eigenvalue weighted by molar-refractivity contribution is 5.80. The summed E-state index contributed by atoms with van der Waals surface area (Å²) in [5.41, 5.74) is 5.92. The van der Waals surface area contributed by atoms with E-state index >= 15 is 0 Å². The molecular formula is C24H36N6O. The van der Waals surface area contributed by atoms with E-state index in [1.54, 1.807) is 0 Å². The lowest BCUT2D eigenvalue weighted by Gasteiger charge is -2.18. The summed E-state index contributed by atoms with van der Waals surface area (Å²) in [6.07, 6.45) is 2.56. The van der Waals surface area contributed by atoms with Gasteiger partial charge < -0.3 is 15.5 Å². The molecule has 7 heteroatoms. The first-order valence-electron chi connectivity index (χ1n) is 11.3. The van der Waals surface area contributed by atoms with Crippen LogP contribution in [0.1, 0.15) is 54.8 Å². The summed E-state index contributed by atoms with van der Waals surface area (Å²) in [6, 6.07) is 8.66. The Balaban J connectivity index is 1.57. The minimum Gasteiger partial charge on any atom is -0.357 e. The summed E-state index contributed by atoms with van der Waals surface area (Å²) in [6.45, 7) is 11.4. The number of hydrogen-bond donors (Lipinski definition) is 2. The van der Waals surface area contributed by atoms with Crippen molar-refractivity contribution in [3.8, 4) is 0 Å². The van der Waals surface area contributed by atoms with Gasteiger partial charge in [-0.25, -0.2) is 4.99 Å². The predicted molar refractivity (Wildman–Crippen MR) is 125 cm³/mol. The zero-order chi connectivity index (χ0) is 22.4. The van der Waals surface area contributed by atoms with Gasteiger partial charge in [-0.3, -0.25) is 9.48 Å². The smallest absolute Gasteiger partial charge is 0.222 e. The van der Waals surface area contributed by atoms with E-state index in [0.717, 1.165) is 43.1 Å². The molecule has 0 radical (unpaired) electrons. The third kappa shape index (κ3) is 6.09. The Morgan fingerprint density at radius 2 is 1.94 bits per heavy atom. The molecule has 168 valence electrons. The Bertz CT molecular complexity index is 915. The van der Waals surface area contributed by atoms with E-state index in [0.29, 0.717) is 19.5 Å². The van der Waals surface area contributed by atoms with E-state index in [2.05, 4.69) is 67.7 Å². The lowest BCUT2D eigenvalue weighted by atomic mass is 10.1. The van der Waals surface area contributed by atoms with Gasteiger partial charge in [-0.1, -0.05) is 24.3 Å². The standard InChI is InChI=1S/C24H36N6O/c1-6-25-24(27-17(2)14-22-18(3)28-29(5)19(22)4)26-15-20-9-11-21(12-10-20)16-30-13-7-8-23(30)31/h9-12,17H,6-8,13-16H2,1-5H3,(H2,25,26,27). The Kier molecular flexibility index (Phi) is 7.71. The highest BCUT2D eigenvalue weighted by Gasteiger charge is 2.19. The largest absolute Gasteiger partial charge is 0.357 e. The van der Waals surface area contributed by atoms with Gasteiger partial charge in [0.05, 0.1) is 12.2 Å². The van der Waals surface area contributed by atoms with Gasteiger partial charge in [-0.05, 0) is 57.2 Å². The predicted octanol–water partition coefficient (Wildman–Crippen LogP) is 2.85. The van der Waals surface area contributed by atoms with Crippen molar-refractivity contribution in [2.24, 2.45) is 12.0 Å². The number of amides is 1. The van der Waals surface area contributed by atoms with Crippen molar-refractivity contribution in [3.63, 3.8) is 0 Å².